The normalized spacial score (nSPS) is 11.4. The van der Waals surface area contributed by atoms with E-state index < -0.39 is 0 Å². The zero-order chi connectivity index (χ0) is 15.5. The Morgan fingerprint density at radius 1 is 1.32 bits per heavy atom. The van der Waals surface area contributed by atoms with E-state index in [2.05, 4.69) is 46.4 Å². The van der Waals surface area contributed by atoms with E-state index >= 15 is 0 Å². The van der Waals surface area contributed by atoms with Gasteiger partial charge in [-0.15, -0.1) is 16.8 Å². The first kappa shape index (κ1) is 14.8. The number of imidazole rings is 1. The van der Waals surface area contributed by atoms with Crippen LogP contribution in [0.2, 0.25) is 0 Å². The van der Waals surface area contributed by atoms with Crippen LogP contribution in [0, 0.1) is 0 Å². The molecule has 3 rings (SSSR count). The summed E-state index contributed by atoms with van der Waals surface area (Å²) in [6, 6.07) is 6.00. The van der Waals surface area contributed by atoms with E-state index in [1.165, 1.54) is 0 Å². The van der Waals surface area contributed by atoms with Gasteiger partial charge >= 0.3 is 0 Å². The van der Waals surface area contributed by atoms with Gasteiger partial charge in [0.05, 0.1) is 5.69 Å². The molecule has 0 fully saturated rings. The van der Waals surface area contributed by atoms with Crippen molar-refractivity contribution in [3.63, 3.8) is 0 Å². The average molecular weight is 313 g/mol. The Hall–Kier alpha value is -2.08. The lowest BCUT2D eigenvalue weighted by molar-refractivity contribution is 0.641. The fraction of sp³-hybridized carbons (Fsp3) is 0.312. The van der Waals surface area contributed by atoms with Crippen molar-refractivity contribution in [3.05, 3.63) is 54.8 Å². The van der Waals surface area contributed by atoms with E-state index in [-0.39, 0.29) is 0 Å². The minimum atomic E-state index is 0.344. The van der Waals surface area contributed by atoms with Gasteiger partial charge in [0.25, 0.3) is 0 Å². The van der Waals surface area contributed by atoms with Crippen LogP contribution in [0.25, 0.3) is 5.65 Å². The SMILES string of the molecule is C=CCn1c(SCc2cn3ccccc3n2)nnc1C(C)C. The highest BCUT2D eigenvalue weighted by atomic mass is 32.2. The highest BCUT2D eigenvalue weighted by Gasteiger charge is 2.14. The number of thioether (sulfide) groups is 1. The van der Waals surface area contributed by atoms with Gasteiger partial charge in [-0.05, 0) is 12.1 Å². The largest absolute Gasteiger partial charge is 0.307 e. The van der Waals surface area contributed by atoms with Gasteiger partial charge in [-0.3, -0.25) is 0 Å². The van der Waals surface area contributed by atoms with Gasteiger partial charge in [-0.25, -0.2) is 4.98 Å². The molecule has 0 aliphatic rings. The van der Waals surface area contributed by atoms with E-state index in [9.17, 15) is 0 Å². The Bertz CT molecular complexity index is 754. The van der Waals surface area contributed by atoms with Crippen molar-refractivity contribution < 1.29 is 0 Å². The van der Waals surface area contributed by atoms with Crippen LogP contribution in [0.15, 0.2) is 48.4 Å². The standard InChI is InChI=1S/C16H19N5S/c1-4-8-21-15(12(2)3)18-19-16(21)22-11-13-10-20-9-6-5-7-14(20)17-13/h4-7,9-10,12H,1,8,11H2,2-3H3. The van der Waals surface area contributed by atoms with Gasteiger partial charge in [-0.2, -0.15) is 0 Å². The monoisotopic (exact) mass is 313 g/mol. The third kappa shape index (κ3) is 2.92. The molecule has 0 amide bonds. The van der Waals surface area contributed by atoms with Crippen LogP contribution < -0.4 is 0 Å². The third-order valence-corrected chi connectivity index (χ3v) is 4.34. The highest BCUT2D eigenvalue weighted by Crippen LogP contribution is 2.24. The minimum Gasteiger partial charge on any atom is -0.307 e. The van der Waals surface area contributed by atoms with Crippen molar-refractivity contribution in [3.8, 4) is 0 Å². The maximum absolute atomic E-state index is 4.61. The molecule has 0 aliphatic heterocycles. The fourth-order valence-corrected chi connectivity index (χ4v) is 3.17. The lowest BCUT2D eigenvalue weighted by Gasteiger charge is -2.09. The summed E-state index contributed by atoms with van der Waals surface area (Å²) < 4.78 is 4.15. The molecular weight excluding hydrogens is 294 g/mol. The molecule has 0 saturated heterocycles. The Balaban J connectivity index is 1.79. The third-order valence-electron chi connectivity index (χ3n) is 3.34. The molecule has 0 N–H and O–H groups in total. The van der Waals surface area contributed by atoms with Gasteiger partial charge in [0.2, 0.25) is 0 Å². The van der Waals surface area contributed by atoms with Crippen molar-refractivity contribution in [2.45, 2.75) is 37.2 Å². The molecule has 0 radical (unpaired) electrons. The van der Waals surface area contributed by atoms with Crippen LogP contribution in [0.5, 0.6) is 0 Å². The van der Waals surface area contributed by atoms with Crippen LogP contribution in [0.4, 0.5) is 0 Å². The van der Waals surface area contributed by atoms with Crippen LogP contribution in [0.1, 0.15) is 31.3 Å². The summed E-state index contributed by atoms with van der Waals surface area (Å²) >= 11 is 1.66. The van der Waals surface area contributed by atoms with E-state index in [0.717, 1.165) is 34.6 Å². The van der Waals surface area contributed by atoms with Gasteiger partial charge in [0, 0.05) is 30.6 Å². The molecule has 0 unspecified atom stereocenters. The Morgan fingerprint density at radius 3 is 2.91 bits per heavy atom. The maximum Gasteiger partial charge on any atom is 0.191 e. The van der Waals surface area contributed by atoms with E-state index in [1.54, 1.807) is 11.8 Å². The molecule has 3 aromatic heterocycles. The molecule has 0 saturated carbocycles. The molecule has 0 aromatic carbocycles. The highest BCUT2D eigenvalue weighted by molar-refractivity contribution is 7.98. The van der Waals surface area contributed by atoms with Crippen molar-refractivity contribution in [2.24, 2.45) is 0 Å². The average Bonchev–Trinajstić information content (AvgIpc) is 3.08. The minimum absolute atomic E-state index is 0.344. The van der Waals surface area contributed by atoms with Crippen LogP contribution in [0.3, 0.4) is 0 Å². The van der Waals surface area contributed by atoms with Crippen LogP contribution >= 0.6 is 11.8 Å². The first-order valence-corrected chi connectivity index (χ1v) is 8.27. The second-order valence-electron chi connectivity index (χ2n) is 5.38. The smallest absolute Gasteiger partial charge is 0.191 e. The number of rotatable bonds is 6. The molecule has 0 spiro atoms. The molecule has 114 valence electrons. The van der Waals surface area contributed by atoms with Crippen molar-refractivity contribution in [1.82, 2.24) is 24.1 Å². The molecule has 0 aliphatic carbocycles. The lowest BCUT2D eigenvalue weighted by atomic mass is 10.2. The van der Waals surface area contributed by atoms with Crippen molar-refractivity contribution >= 4 is 17.4 Å². The van der Waals surface area contributed by atoms with Crippen molar-refractivity contribution in [2.75, 3.05) is 0 Å². The second kappa shape index (κ2) is 6.36. The topological polar surface area (TPSA) is 48.0 Å². The fourth-order valence-electron chi connectivity index (χ4n) is 2.33. The lowest BCUT2D eigenvalue weighted by Crippen LogP contribution is -2.05. The number of aromatic nitrogens is 5. The number of hydrogen-bond donors (Lipinski definition) is 0. The molecular formula is C16H19N5S. The summed E-state index contributed by atoms with van der Waals surface area (Å²) in [5.41, 5.74) is 2.00. The molecule has 0 bridgehead atoms. The van der Waals surface area contributed by atoms with Gasteiger partial charge in [0.15, 0.2) is 5.16 Å². The molecule has 3 heterocycles. The zero-order valence-electron chi connectivity index (χ0n) is 12.8. The quantitative estimate of drug-likeness (QED) is 0.516. The molecule has 6 heteroatoms. The van der Waals surface area contributed by atoms with Crippen LogP contribution in [-0.4, -0.2) is 24.1 Å². The Kier molecular flexibility index (Phi) is 4.29. The number of allylic oxidation sites excluding steroid dienone is 1. The summed E-state index contributed by atoms with van der Waals surface area (Å²) in [5, 5.41) is 9.54. The Morgan fingerprint density at radius 2 is 2.18 bits per heavy atom. The molecule has 22 heavy (non-hydrogen) atoms. The summed E-state index contributed by atoms with van der Waals surface area (Å²) in [5.74, 6) is 2.11. The van der Waals surface area contributed by atoms with E-state index in [4.69, 9.17) is 0 Å². The number of hydrogen-bond acceptors (Lipinski definition) is 4. The summed E-state index contributed by atoms with van der Waals surface area (Å²) in [7, 11) is 0. The number of pyridine rings is 1. The first-order chi connectivity index (χ1) is 10.7. The maximum atomic E-state index is 4.61. The zero-order valence-corrected chi connectivity index (χ0v) is 13.6. The molecule has 5 nitrogen and oxygen atoms in total. The summed E-state index contributed by atoms with van der Waals surface area (Å²) in [6.07, 6.45) is 5.94. The first-order valence-electron chi connectivity index (χ1n) is 7.28. The van der Waals surface area contributed by atoms with Gasteiger partial charge in [0.1, 0.15) is 11.5 Å². The predicted octanol–water partition coefficient (Wildman–Crippen LogP) is 3.53. The molecule has 0 atom stereocenters. The van der Waals surface area contributed by atoms with Crippen molar-refractivity contribution in [1.29, 1.82) is 0 Å². The predicted molar refractivity (Wildman–Crippen MR) is 89.1 cm³/mol. The van der Waals surface area contributed by atoms with Gasteiger partial charge < -0.3 is 8.97 Å². The van der Waals surface area contributed by atoms with Gasteiger partial charge in [-0.1, -0.05) is 37.8 Å². The second-order valence-corrected chi connectivity index (χ2v) is 6.32. The Labute approximate surface area is 134 Å². The van der Waals surface area contributed by atoms with E-state index in [0.29, 0.717) is 5.92 Å². The number of nitrogens with zero attached hydrogens (tertiary/aromatic N) is 5. The number of fused-ring (bicyclic) bond motifs is 1. The van der Waals surface area contributed by atoms with Crippen LogP contribution in [-0.2, 0) is 12.3 Å². The van der Waals surface area contributed by atoms with E-state index in [1.807, 2.05) is 34.9 Å². The summed E-state index contributed by atoms with van der Waals surface area (Å²) in [6.45, 7) is 8.80. The molecule has 3 aromatic rings. The summed E-state index contributed by atoms with van der Waals surface area (Å²) in [4.78, 5) is 4.61.